The molecule has 3 aromatic rings. The van der Waals surface area contributed by atoms with Crippen LogP contribution in [0.4, 0.5) is 0 Å². The van der Waals surface area contributed by atoms with Crippen LogP contribution < -0.4 is 30.1 Å². The van der Waals surface area contributed by atoms with Gasteiger partial charge in [0.05, 0.1) is 19.8 Å². The maximum atomic E-state index is 6.53. The van der Waals surface area contributed by atoms with Gasteiger partial charge in [0.2, 0.25) is 0 Å². The fourth-order valence-corrected chi connectivity index (χ4v) is 7.98. The number of rotatable bonds is 3. The molecule has 0 saturated heterocycles. The number of hydrogen-bond acceptors (Lipinski definition) is 3. The SMILES string of the molecule is Cc1ccc(P(c2ccc(Cl)c3c2OCC3)c2ccc(Cl)c3c2OCC3)c2c1CCO2. The van der Waals surface area contributed by atoms with E-state index in [9.17, 15) is 0 Å². The molecule has 6 rings (SSSR count). The van der Waals surface area contributed by atoms with Crippen molar-refractivity contribution in [3.8, 4) is 17.2 Å². The summed E-state index contributed by atoms with van der Waals surface area (Å²) in [6.45, 7) is 4.20. The predicted octanol–water partition coefficient (Wildman–Crippen LogP) is 4.86. The first-order valence-electron chi connectivity index (χ1n) is 10.6. The number of benzene rings is 3. The van der Waals surface area contributed by atoms with Crippen molar-refractivity contribution in [2.45, 2.75) is 26.2 Å². The zero-order valence-electron chi connectivity index (χ0n) is 17.1. The Bertz CT molecular complexity index is 1070. The molecular formula is C25H21Cl2O3P. The van der Waals surface area contributed by atoms with Gasteiger partial charge in [0.25, 0.3) is 0 Å². The summed E-state index contributed by atoms with van der Waals surface area (Å²) in [4.78, 5) is 0. The average molecular weight is 471 g/mol. The van der Waals surface area contributed by atoms with Gasteiger partial charge in [0.15, 0.2) is 0 Å². The van der Waals surface area contributed by atoms with Crippen LogP contribution in [0.2, 0.25) is 10.0 Å². The van der Waals surface area contributed by atoms with E-state index in [0.717, 1.165) is 74.9 Å². The number of aryl methyl sites for hydroxylation is 1. The zero-order chi connectivity index (χ0) is 21.1. The standard InChI is InChI=1S/C25H21Cl2O3P/c1-14-2-5-20(23-15(14)8-11-28-23)31(21-6-3-18(26)16-9-12-29-24(16)21)22-7-4-19(27)17-10-13-30-25(17)22/h2-7H,8-13H2,1H3. The van der Waals surface area contributed by atoms with Crippen LogP contribution in [0.1, 0.15) is 22.3 Å². The second-order valence-corrected chi connectivity index (χ2v) is 11.0. The van der Waals surface area contributed by atoms with Crippen molar-refractivity contribution in [1.29, 1.82) is 0 Å². The van der Waals surface area contributed by atoms with Crippen molar-refractivity contribution in [3.63, 3.8) is 0 Å². The number of halogens is 2. The predicted molar refractivity (Wildman–Crippen MR) is 128 cm³/mol. The molecule has 0 fully saturated rings. The van der Waals surface area contributed by atoms with Gasteiger partial charge in [-0.1, -0.05) is 29.3 Å². The van der Waals surface area contributed by atoms with Crippen LogP contribution in [0.3, 0.4) is 0 Å². The molecule has 0 bridgehead atoms. The highest BCUT2D eigenvalue weighted by Gasteiger charge is 2.34. The second-order valence-electron chi connectivity index (χ2n) is 8.09. The highest BCUT2D eigenvalue weighted by molar-refractivity contribution is 7.80. The third-order valence-electron chi connectivity index (χ3n) is 6.36. The van der Waals surface area contributed by atoms with Gasteiger partial charge in [-0.25, -0.2) is 0 Å². The van der Waals surface area contributed by atoms with Crippen LogP contribution in [-0.2, 0) is 19.3 Å². The Kier molecular flexibility index (Phi) is 4.83. The molecule has 3 nitrogen and oxygen atoms in total. The van der Waals surface area contributed by atoms with Gasteiger partial charge >= 0.3 is 0 Å². The number of fused-ring (bicyclic) bond motifs is 3. The van der Waals surface area contributed by atoms with Crippen molar-refractivity contribution in [3.05, 3.63) is 68.7 Å². The lowest BCUT2D eigenvalue weighted by Gasteiger charge is -2.25. The van der Waals surface area contributed by atoms with Crippen LogP contribution in [0.25, 0.3) is 0 Å². The minimum atomic E-state index is -0.984. The summed E-state index contributed by atoms with van der Waals surface area (Å²) < 4.78 is 18.5. The van der Waals surface area contributed by atoms with E-state index in [1.807, 2.05) is 12.1 Å². The molecule has 0 atom stereocenters. The summed E-state index contributed by atoms with van der Waals surface area (Å²) in [6, 6.07) is 12.7. The van der Waals surface area contributed by atoms with E-state index in [4.69, 9.17) is 37.4 Å². The smallest absolute Gasteiger partial charge is 0.132 e. The minimum Gasteiger partial charge on any atom is -0.492 e. The molecule has 3 aliphatic heterocycles. The van der Waals surface area contributed by atoms with E-state index in [1.54, 1.807) is 0 Å². The van der Waals surface area contributed by atoms with Crippen LogP contribution in [0, 0.1) is 6.92 Å². The van der Waals surface area contributed by atoms with Gasteiger partial charge < -0.3 is 14.2 Å². The van der Waals surface area contributed by atoms with Gasteiger partial charge in [0.1, 0.15) is 17.2 Å². The summed E-state index contributed by atoms with van der Waals surface area (Å²) in [6.07, 6.45) is 2.62. The first kappa shape index (κ1) is 19.7. The fraction of sp³-hybridized carbons (Fsp3) is 0.280. The Hall–Kier alpha value is -1.93. The molecule has 0 saturated carbocycles. The molecule has 0 amide bonds. The Labute approximate surface area is 193 Å². The van der Waals surface area contributed by atoms with E-state index in [0.29, 0.717) is 13.2 Å². The lowest BCUT2D eigenvalue weighted by Crippen LogP contribution is -2.24. The highest BCUT2D eigenvalue weighted by Crippen LogP contribution is 2.48. The first-order valence-corrected chi connectivity index (χ1v) is 12.7. The largest absolute Gasteiger partial charge is 0.492 e. The van der Waals surface area contributed by atoms with Crippen LogP contribution in [0.15, 0.2) is 36.4 Å². The Morgan fingerprint density at radius 3 is 1.55 bits per heavy atom. The van der Waals surface area contributed by atoms with E-state index in [-0.39, 0.29) is 0 Å². The van der Waals surface area contributed by atoms with Crippen LogP contribution in [-0.4, -0.2) is 19.8 Å². The molecular weight excluding hydrogens is 450 g/mol. The van der Waals surface area contributed by atoms with Gasteiger partial charge in [-0.05, 0) is 50.7 Å². The Balaban J connectivity index is 1.64. The maximum Gasteiger partial charge on any atom is 0.132 e. The second kappa shape index (κ2) is 7.59. The van der Waals surface area contributed by atoms with Gasteiger partial charge in [-0.3, -0.25) is 0 Å². The van der Waals surface area contributed by atoms with Gasteiger partial charge in [0, 0.05) is 61.9 Å². The first-order chi connectivity index (χ1) is 15.1. The molecule has 0 aromatic heterocycles. The van der Waals surface area contributed by atoms with Crippen LogP contribution in [0.5, 0.6) is 17.2 Å². The van der Waals surface area contributed by atoms with E-state index in [2.05, 4.69) is 31.2 Å². The monoisotopic (exact) mass is 470 g/mol. The summed E-state index contributed by atoms with van der Waals surface area (Å²) in [5, 5.41) is 5.07. The summed E-state index contributed by atoms with van der Waals surface area (Å²) in [7, 11) is -0.984. The molecule has 3 aliphatic rings. The summed E-state index contributed by atoms with van der Waals surface area (Å²) in [5.41, 5.74) is 4.79. The van der Waals surface area contributed by atoms with Crippen LogP contribution >= 0.6 is 31.1 Å². The zero-order valence-corrected chi connectivity index (χ0v) is 19.5. The molecule has 31 heavy (non-hydrogen) atoms. The number of hydrogen-bond donors (Lipinski definition) is 0. The normalized spacial score (nSPS) is 15.9. The Morgan fingerprint density at radius 2 is 1.03 bits per heavy atom. The fourth-order valence-electron chi connectivity index (χ4n) is 4.84. The molecule has 3 aromatic carbocycles. The summed E-state index contributed by atoms with van der Waals surface area (Å²) >= 11 is 13.1. The maximum absolute atomic E-state index is 6.53. The molecule has 0 radical (unpaired) electrons. The lowest BCUT2D eigenvalue weighted by atomic mass is 10.1. The highest BCUT2D eigenvalue weighted by atomic mass is 35.5. The molecule has 158 valence electrons. The van der Waals surface area contributed by atoms with E-state index < -0.39 is 7.92 Å². The van der Waals surface area contributed by atoms with Gasteiger partial charge in [-0.15, -0.1) is 0 Å². The van der Waals surface area contributed by atoms with Crippen molar-refractivity contribution >= 4 is 47.0 Å². The van der Waals surface area contributed by atoms with Crippen molar-refractivity contribution < 1.29 is 14.2 Å². The third kappa shape index (κ3) is 3.05. The molecule has 0 aliphatic carbocycles. The molecule has 0 N–H and O–H groups in total. The minimum absolute atomic E-state index is 0.660. The molecule has 6 heteroatoms. The van der Waals surface area contributed by atoms with Crippen molar-refractivity contribution in [2.24, 2.45) is 0 Å². The summed E-state index contributed by atoms with van der Waals surface area (Å²) in [5.74, 6) is 2.87. The van der Waals surface area contributed by atoms with Crippen molar-refractivity contribution in [2.75, 3.05) is 19.8 Å². The van der Waals surface area contributed by atoms with E-state index >= 15 is 0 Å². The lowest BCUT2D eigenvalue weighted by molar-refractivity contribution is 0.358. The average Bonchev–Trinajstić information content (AvgIpc) is 3.53. The third-order valence-corrected chi connectivity index (χ3v) is 9.57. The number of ether oxygens (including phenoxy) is 3. The van der Waals surface area contributed by atoms with E-state index in [1.165, 1.54) is 16.4 Å². The van der Waals surface area contributed by atoms with Crippen molar-refractivity contribution in [1.82, 2.24) is 0 Å². The topological polar surface area (TPSA) is 27.7 Å². The molecule has 0 spiro atoms. The Morgan fingerprint density at radius 1 is 0.613 bits per heavy atom. The quantitative estimate of drug-likeness (QED) is 0.511. The molecule has 3 heterocycles. The molecule has 0 unspecified atom stereocenters. The van der Waals surface area contributed by atoms with Gasteiger partial charge in [-0.2, -0.15) is 0 Å².